The lowest BCUT2D eigenvalue weighted by Crippen LogP contribution is -2.37. The summed E-state index contributed by atoms with van der Waals surface area (Å²) in [6, 6.07) is 21.7. The third kappa shape index (κ3) is 10.6. The summed E-state index contributed by atoms with van der Waals surface area (Å²) in [6.07, 6.45) is 2.15. The molecule has 1 amide bonds. The second-order valence-corrected chi connectivity index (χ2v) is 9.79. The molecule has 0 aromatic heterocycles. The molecule has 0 radical (unpaired) electrons. The number of nitrogens with zero attached hydrogens (tertiary/aromatic N) is 1. The number of hydrogen-bond acceptors (Lipinski definition) is 7. The molecule has 3 rings (SSSR count). The molecule has 0 aliphatic carbocycles. The first kappa shape index (κ1) is 31.6. The number of carbonyl (C=O) groups is 2. The van der Waals surface area contributed by atoms with Crippen LogP contribution in [-0.4, -0.2) is 55.7 Å². The van der Waals surface area contributed by atoms with E-state index in [0.29, 0.717) is 49.8 Å². The Morgan fingerprint density at radius 2 is 1.61 bits per heavy atom. The van der Waals surface area contributed by atoms with Crippen LogP contribution in [0.15, 0.2) is 72.8 Å². The largest absolute Gasteiger partial charge is 0.491 e. The first-order valence-electron chi connectivity index (χ1n) is 14.4. The van der Waals surface area contributed by atoms with Gasteiger partial charge >= 0.3 is 5.97 Å². The molecule has 3 aromatic rings. The normalized spacial score (nSPS) is 11.6. The number of esters is 1. The zero-order valence-corrected chi connectivity index (χ0v) is 24.4. The van der Waals surface area contributed by atoms with Crippen molar-refractivity contribution in [3.05, 3.63) is 89.5 Å². The molecule has 3 N–H and O–H groups in total. The van der Waals surface area contributed by atoms with Gasteiger partial charge in [-0.25, -0.2) is 4.79 Å². The van der Waals surface area contributed by atoms with Crippen LogP contribution in [-0.2, 0) is 22.6 Å². The highest BCUT2D eigenvalue weighted by Crippen LogP contribution is 2.27. The average Bonchev–Trinajstić information content (AvgIpc) is 3.00. The molecule has 220 valence electrons. The Hall–Kier alpha value is -3.88. The summed E-state index contributed by atoms with van der Waals surface area (Å²) in [5.74, 6) is 0.390. The average molecular weight is 562 g/mol. The van der Waals surface area contributed by atoms with Crippen LogP contribution in [0.2, 0.25) is 0 Å². The van der Waals surface area contributed by atoms with Crippen LogP contribution >= 0.6 is 0 Å². The molecule has 0 fully saturated rings. The SMILES string of the molecule is CCCCOc1cc(C(=O)OCCN(CC)CC)ccc1NC(=O)[C@H](N)Cc1ccc(OCc2ccccc2)cc1. The van der Waals surface area contributed by atoms with E-state index in [-0.39, 0.29) is 5.91 Å². The predicted molar refractivity (Wildman–Crippen MR) is 162 cm³/mol. The molecule has 41 heavy (non-hydrogen) atoms. The van der Waals surface area contributed by atoms with Gasteiger partial charge in [0.15, 0.2) is 0 Å². The Morgan fingerprint density at radius 3 is 2.29 bits per heavy atom. The summed E-state index contributed by atoms with van der Waals surface area (Å²) < 4.78 is 17.2. The number of nitrogens with one attached hydrogen (secondary N) is 1. The van der Waals surface area contributed by atoms with Gasteiger partial charge in [0.2, 0.25) is 5.91 Å². The lowest BCUT2D eigenvalue weighted by Gasteiger charge is -2.18. The van der Waals surface area contributed by atoms with Gasteiger partial charge in [0, 0.05) is 6.54 Å². The first-order valence-corrected chi connectivity index (χ1v) is 14.4. The lowest BCUT2D eigenvalue weighted by atomic mass is 10.1. The number of benzene rings is 3. The number of likely N-dealkylation sites (N-methyl/N-ethyl adjacent to an activating group) is 1. The quantitative estimate of drug-likeness (QED) is 0.167. The van der Waals surface area contributed by atoms with Gasteiger partial charge in [0.05, 0.1) is 23.9 Å². The van der Waals surface area contributed by atoms with Crippen LogP contribution in [0.25, 0.3) is 0 Å². The number of unbranched alkanes of at least 4 members (excludes halogenated alkanes) is 1. The number of carbonyl (C=O) groups excluding carboxylic acids is 2. The van der Waals surface area contributed by atoms with Crippen LogP contribution in [0.4, 0.5) is 5.69 Å². The van der Waals surface area contributed by atoms with E-state index < -0.39 is 12.0 Å². The zero-order chi connectivity index (χ0) is 29.5. The van der Waals surface area contributed by atoms with Crippen molar-refractivity contribution in [2.24, 2.45) is 5.73 Å². The van der Waals surface area contributed by atoms with Crippen molar-refractivity contribution in [2.75, 3.05) is 38.2 Å². The van der Waals surface area contributed by atoms with Crippen molar-refractivity contribution >= 4 is 17.6 Å². The van der Waals surface area contributed by atoms with Crippen molar-refractivity contribution in [3.8, 4) is 11.5 Å². The van der Waals surface area contributed by atoms with Gasteiger partial charge in [-0.05, 0) is 67.4 Å². The number of amides is 1. The van der Waals surface area contributed by atoms with Gasteiger partial charge in [-0.2, -0.15) is 0 Å². The second-order valence-electron chi connectivity index (χ2n) is 9.79. The molecule has 0 aliphatic heterocycles. The van der Waals surface area contributed by atoms with Gasteiger partial charge in [-0.1, -0.05) is 69.7 Å². The van der Waals surface area contributed by atoms with Crippen molar-refractivity contribution in [3.63, 3.8) is 0 Å². The molecule has 0 spiro atoms. The molecule has 0 heterocycles. The molecule has 8 heteroatoms. The van der Waals surface area contributed by atoms with E-state index in [1.54, 1.807) is 18.2 Å². The Bertz CT molecular complexity index is 1210. The molecule has 1 atom stereocenters. The van der Waals surface area contributed by atoms with Crippen LogP contribution in [0.1, 0.15) is 55.1 Å². The molecule has 0 saturated carbocycles. The summed E-state index contributed by atoms with van der Waals surface area (Å²) in [5.41, 5.74) is 9.10. The molecule has 8 nitrogen and oxygen atoms in total. The van der Waals surface area contributed by atoms with E-state index in [9.17, 15) is 9.59 Å². The first-order chi connectivity index (χ1) is 19.9. The highest BCUT2D eigenvalue weighted by atomic mass is 16.5. The van der Waals surface area contributed by atoms with Gasteiger partial charge in [0.25, 0.3) is 0 Å². The van der Waals surface area contributed by atoms with Crippen LogP contribution in [0, 0.1) is 0 Å². The molecular formula is C33H43N3O5. The van der Waals surface area contributed by atoms with E-state index >= 15 is 0 Å². The van der Waals surface area contributed by atoms with Crippen molar-refractivity contribution in [1.29, 1.82) is 0 Å². The zero-order valence-electron chi connectivity index (χ0n) is 24.4. The number of anilines is 1. The minimum atomic E-state index is -0.778. The van der Waals surface area contributed by atoms with Crippen molar-refractivity contribution in [2.45, 2.75) is 52.7 Å². The van der Waals surface area contributed by atoms with Crippen LogP contribution in [0.3, 0.4) is 0 Å². The fourth-order valence-corrected chi connectivity index (χ4v) is 4.12. The van der Waals surface area contributed by atoms with Crippen LogP contribution in [0.5, 0.6) is 11.5 Å². The summed E-state index contributed by atoms with van der Waals surface area (Å²) in [7, 11) is 0. The highest BCUT2D eigenvalue weighted by Gasteiger charge is 2.18. The van der Waals surface area contributed by atoms with Gasteiger partial charge in [0.1, 0.15) is 24.7 Å². The number of hydrogen-bond donors (Lipinski definition) is 2. The third-order valence-electron chi connectivity index (χ3n) is 6.73. The third-order valence-corrected chi connectivity index (χ3v) is 6.73. The number of rotatable bonds is 17. The lowest BCUT2D eigenvalue weighted by molar-refractivity contribution is -0.117. The molecular weight excluding hydrogens is 518 g/mol. The monoisotopic (exact) mass is 561 g/mol. The maximum Gasteiger partial charge on any atom is 0.338 e. The second kappa shape index (κ2) is 17.0. The molecule has 0 saturated heterocycles. The molecule has 0 aliphatic rings. The van der Waals surface area contributed by atoms with Gasteiger partial charge in [-0.3, -0.25) is 4.79 Å². The Balaban J connectivity index is 1.58. The smallest absolute Gasteiger partial charge is 0.338 e. The minimum absolute atomic E-state index is 0.306. The fourth-order valence-electron chi connectivity index (χ4n) is 4.12. The topological polar surface area (TPSA) is 103 Å². The Kier molecular flexibility index (Phi) is 13.2. The summed E-state index contributed by atoms with van der Waals surface area (Å²) in [4.78, 5) is 27.8. The standard InChI is InChI=1S/C33H43N3O5/c1-4-7-20-39-31-23-27(33(38)40-21-19-36(5-2)6-3)15-18-30(31)35-32(37)29(34)22-25-13-16-28(17-14-25)41-24-26-11-9-8-10-12-26/h8-18,23,29H,4-7,19-22,24,34H2,1-3H3,(H,35,37)/t29-/m1/s1. The molecule has 0 unspecified atom stereocenters. The van der Waals surface area contributed by atoms with Crippen LogP contribution < -0.4 is 20.5 Å². The number of ether oxygens (including phenoxy) is 3. The van der Waals surface area contributed by atoms with E-state index in [2.05, 4.69) is 31.0 Å². The fraction of sp³-hybridized carbons (Fsp3) is 0.394. The van der Waals surface area contributed by atoms with Gasteiger partial charge in [-0.15, -0.1) is 0 Å². The Morgan fingerprint density at radius 1 is 0.878 bits per heavy atom. The van der Waals surface area contributed by atoms with Crippen molar-refractivity contribution < 1.29 is 23.8 Å². The van der Waals surface area contributed by atoms with E-state index in [1.807, 2.05) is 54.6 Å². The maximum atomic E-state index is 13.0. The Labute approximate surface area is 243 Å². The van der Waals surface area contributed by atoms with E-state index in [1.165, 1.54) is 0 Å². The highest BCUT2D eigenvalue weighted by molar-refractivity contribution is 5.97. The molecule has 0 bridgehead atoms. The number of nitrogens with two attached hydrogens (primary N) is 1. The van der Waals surface area contributed by atoms with E-state index in [4.69, 9.17) is 19.9 Å². The van der Waals surface area contributed by atoms with E-state index in [0.717, 1.165) is 42.8 Å². The predicted octanol–water partition coefficient (Wildman–Crippen LogP) is 5.45. The summed E-state index contributed by atoms with van der Waals surface area (Å²) >= 11 is 0. The summed E-state index contributed by atoms with van der Waals surface area (Å²) in [5, 5.41) is 2.87. The van der Waals surface area contributed by atoms with Crippen molar-refractivity contribution in [1.82, 2.24) is 4.90 Å². The van der Waals surface area contributed by atoms with Gasteiger partial charge < -0.3 is 30.2 Å². The maximum absolute atomic E-state index is 13.0. The summed E-state index contributed by atoms with van der Waals surface area (Å²) in [6.45, 7) is 9.93. The molecule has 3 aromatic carbocycles. The minimum Gasteiger partial charge on any atom is -0.491 e.